The van der Waals surface area contributed by atoms with E-state index in [1.807, 2.05) is 26.0 Å². The van der Waals surface area contributed by atoms with Crippen molar-refractivity contribution >= 4 is 5.69 Å². The SMILES string of the molecule is C=C/C(=C\C=C/C)CCCCc1ccc(NC(=C)C)cc1. The van der Waals surface area contributed by atoms with Gasteiger partial charge in [-0.15, -0.1) is 0 Å². The summed E-state index contributed by atoms with van der Waals surface area (Å²) in [6.07, 6.45) is 12.8. The van der Waals surface area contributed by atoms with Gasteiger partial charge in [-0.25, -0.2) is 0 Å². The van der Waals surface area contributed by atoms with Gasteiger partial charge < -0.3 is 5.32 Å². The molecule has 112 valence electrons. The van der Waals surface area contributed by atoms with E-state index in [2.05, 4.69) is 54.9 Å². The van der Waals surface area contributed by atoms with E-state index in [9.17, 15) is 0 Å². The number of aryl methyl sites for hydroxylation is 1. The molecular weight excluding hydrogens is 254 g/mol. The summed E-state index contributed by atoms with van der Waals surface area (Å²) in [5, 5.41) is 3.22. The fraction of sp³-hybridized carbons (Fsp3) is 0.300. The van der Waals surface area contributed by atoms with Crippen molar-refractivity contribution in [3.05, 3.63) is 78.6 Å². The van der Waals surface area contributed by atoms with Gasteiger partial charge in [0.1, 0.15) is 0 Å². The lowest BCUT2D eigenvalue weighted by Gasteiger charge is -2.07. The van der Waals surface area contributed by atoms with Crippen molar-refractivity contribution < 1.29 is 0 Å². The largest absolute Gasteiger partial charge is 0.360 e. The second-order valence-electron chi connectivity index (χ2n) is 5.28. The number of unbranched alkanes of at least 4 members (excludes halogenated alkanes) is 1. The molecule has 0 aromatic heterocycles. The van der Waals surface area contributed by atoms with Crippen LogP contribution in [-0.4, -0.2) is 0 Å². The minimum atomic E-state index is 0.965. The molecule has 0 unspecified atom stereocenters. The smallest absolute Gasteiger partial charge is 0.0381 e. The van der Waals surface area contributed by atoms with Gasteiger partial charge in [0.05, 0.1) is 0 Å². The van der Waals surface area contributed by atoms with Crippen LogP contribution in [0.2, 0.25) is 0 Å². The van der Waals surface area contributed by atoms with Gasteiger partial charge in [-0.1, -0.05) is 49.6 Å². The third-order valence-corrected chi connectivity index (χ3v) is 3.26. The molecule has 1 aromatic rings. The molecule has 1 nitrogen and oxygen atoms in total. The fourth-order valence-electron chi connectivity index (χ4n) is 2.13. The van der Waals surface area contributed by atoms with Gasteiger partial charge in [0.2, 0.25) is 0 Å². The molecule has 0 radical (unpaired) electrons. The number of benzene rings is 1. The van der Waals surface area contributed by atoms with Crippen molar-refractivity contribution in [3.63, 3.8) is 0 Å². The summed E-state index contributed by atoms with van der Waals surface area (Å²) < 4.78 is 0. The number of rotatable bonds is 9. The molecule has 0 fully saturated rings. The maximum atomic E-state index is 3.87. The van der Waals surface area contributed by atoms with Gasteiger partial charge >= 0.3 is 0 Å². The Bertz CT molecular complexity index is 503. The Labute approximate surface area is 129 Å². The molecule has 1 rings (SSSR count). The lowest BCUT2D eigenvalue weighted by Crippen LogP contribution is -1.94. The molecule has 0 heterocycles. The van der Waals surface area contributed by atoms with Crippen molar-refractivity contribution in [2.45, 2.75) is 39.5 Å². The van der Waals surface area contributed by atoms with Crippen LogP contribution in [0.5, 0.6) is 0 Å². The maximum Gasteiger partial charge on any atom is 0.0381 e. The number of anilines is 1. The number of nitrogens with one attached hydrogen (secondary N) is 1. The molecule has 0 spiro atoms. The molecule has 0 aliphatic heterocycles. The van der Waals surface area contributed by atoms with E-state index < -0.39 is 0 Å². The van der Waals surface area contributed by atoms with Gasteiger partial charge in [0.15, 0.2) is 0 Å². The molecular formula is C20H27N. The second kappa shape index (κ2) is 9.82. The molecule has 0 bridgehead atoms. The number of hydrogen-bond acceptors (Lipinski definition) is 1. The van der Waals surface area contributed by atoms with E-state index in [4.69, 9.17) is 0 Å². The minimum absolute atomic E-state index is 0.965. The predicted octanol–water partition coefficient (Wildman–Crippen LogP) is 6.03. The fourth-order valence-corrected chi connectivity index (χ4v) is 2.13. The van der Waals surface area contributed by atoms with Crippen molar-refractivity contribution in [2.24, 2.45) is 0 Å². The molecule has 21 heavy (non-hydrogen) atoms. The Morgan fingerprint density at radius 2 is 1.90 bits per heavy atom. The zero-order valence-corrected chi connectivity index (χ0v) is 13.4. The highest BCUT2D eigenvalue weighted by molar-refractivity contribution is 5.48. The Balaban J connectivity index is 2.35. The zero-order chi connectivity index (χ0) is 15.5. The van der Waals surface area contributed by atoms with Crippen LogP contribution in [0.1, 0.15) is 38.7 Å². The molecule has 0 aliphatic rings. The van der Waals surface area contributed by atoms with E-state index in [1.54, 1.807) is 0 Å². The second-order valence-corrected chi connectivity index (χ2v) is 5.28. The Kier molecular flexibility index (Phi) is 7.96. The first-order valence-corrected chi connectivity index (χ1v) is 7.61. The Hall–Kier alpha value is -2.02. The standard InChI is InChI=1S/C20H27N/c1-5-7-10-18(6-2)11-8-9-12-19-13-15-20(16-14-19)21-17(3)4/h5-7,10,13-16,21H,2-3,8-9,11-12H2,1,4H3/b7-5-,18-10+. The first kappa shape index (κ1) is 17.0. The highest BCUT2D eigenvalue weighted by Gasteiger charge is 1.97. The quantitative estimate of drug-likeness (QED) is 0.430. The van der Waals surface area contributed by atoms with Crippen molar-refractivity contribution in [1.82, 2.24) is 0 Å². The molecule has 1 heteroatoms. The number of hydrogen-bond donors (Lipinski definition) is 1. The summed E-state index contributed by atoms with van der Waals surface area (Å²) in [6, 6.07) is 8.61. The van der Waals surface area contributed by atoms with Crippen LogP contribution in [0.3, 0.4) is 0 Å². The lowest BCUT2D eigenvalue weighted by molar-refractivity contribution is 0.736. The molecule has 1 aromatic carbocycles. The summed E-state index contributed by atoms with van der Waals surface area (Å²) in [7, 11) is 0. The van der Waals surface area contributed by atoms with Crippen molar-refractivity contribution in [1.29, 1.82) is 0 Å². The number of allylic oxidation sites excluding steroid dienone is 6. The Morgan fingerprint density at radius 3 is 2.48 bits per heavy atom. The van der Waals surface area contributed by atoms with E-state index in [0.29, 0.717) is 0 Å². The summed E-state index contributed by atoms with van der Waals surface area (Å²) in [5.74, 6) is 0. The van der Waals surface area contributed by atoms with Crippen LogP contribution in [0.15, 0.2) is 73.0 Å². The highest BCUT2D eigenvalue weighted by atomic mass is 14.9. The van der Waals surface area contributed by atoms with Gasteiger partial charge in [-0.3, -0.25) is 0 Å². The summed E-state index contributed by atoms with van der Waals surface area (Å²) >= 11 is 0. The van der Waals surface area contributed by atoms with Crippen LogP contribution in [0.25, 0.3) is 0 Å². The third kappa shape index (κ3) is 7.36. The molecule has 0 amide bonds. The van der Waals surface area contributed by atoms with Gasteiger partial charge in [0, 0.05) is 11.4 Å². The molecule has 0 atom stereocenters. The monoisotopic (exact) mass is 281 g/mol. The van der Waals surface area contributed by atoms with Crippen LogP contribution >= 0.6 is 0 Å². The molecule has 1 N–H and O–H groups in total. The van der Waals surface area contributed by atoms with Gasteiger partial charge in [-0.2, -0.15) is 0 Å². The summed E-state index contributed by atoms with van der Waals surface area (Å²) in [5.41, 5.74) is 4.77. The minimum Gasteiger partial charge on any atom is -0.360 e. The first-order chi connectivity index (χ1) is 10.2. The van der Waals surface area contributed by atoms with Crippen molar-refractivity contribution in [2.75, 3.05) is 5.32 Å². The summed E-state index contributed by atoms with van der Waals surface area (Å²) in [4.78, 5) is 0. The zero-order valence-electron chi connectivity index (χ0n) is 13.4. The van der Waals surface area contributed by atoms with Gasteiger partial charge in [0.25, 0.3) is 0 Å². The van der Waals surface area contributed by atoms with Crippen LogP contribution < -0.4 is 5.32 Å². The van der Waals surface area contributed by atoms with Crippen LogP contribution in [0, 0.1) is 0 Å². The normalized spacial score (nSPS) is 11.6. The average Bonchev–Trinajstić information content (AvgIpc) is 2.47. The van der Waals surface area contributed by atoms with Crippen LogP contribution in [-0.2, 0) is 6.42 Å². The third-order valence-electron chi connectivity index (χ3n) is 3.26. The van der Waals surface area contributed by atoms with Gasteiger partial charge in [-0.05, 0) is 62.8 Å². The molecule has 0 aliphatic carbocycles. The van der Waals surface area contributed by atoms with Crippen LogP contribution in [0.4, 0.5) is 5.69 Å². The first-order valence-electron chi connectivity index (χ1n) is 7.61. The Morgan fingerprint density at radius 1 is 1.19 bits per heavy atom. The van der Waals surface area contributed by atoms with E-state index in [-0.39, 0.29) is 0 Å². The average molecular weight is 281 g/mol. The topological polar surface area (TPSA) is 12.0 Å². The van der Waals surface area contributed by atoms with E-state index in [1.165, 1.54) is 24.0 Å². The lowest BCUT2D eigenvalue weighted by atomic mass is 10.0. The predicted molar refractivity (Wildman–Crippen MR) is 95.5 cm³/mol. The molecule has 0 saturated carbocycles. The van der Waals surface area contributed by atoms with E-state index >= 15 is 0 Å². The maximum absolute atomic E-state index is 3.87. The van der Waals surface area contributed by atoms with Crippen molar-refractivity contribution in [3.8, 4) is 0 Å². The van der Waals surface area contributed by atoms with E-state index in [0.717, 1.165) is 24.2 Å². The summed E-state index contributed by atoms with van der Waals surface area (Å²) in [6.45, 7) is 11.7. The molecule has 0 saturated heterocycles. The highest BCUT2D eigenvalue weighted by Crippen LogP contribution is 2.15.